The molecule has 0 aromatic rings. The largest absolute Gasteiger partial charge is 0.412 e. The third kappa shape index (κ3) is 29.3. The Hall–Kier alpha value is -1.14. The average molecular weight is 236 g/mol. The van der Waals surface area contributed by atoms with Gasteiger partial charge in [0.1, 0.15) is 0 Å². The van der Waals surface area contributed by atoms with Gasteiger partial charge in [0, 0.05) is 26.9 Å². The smallest absolute Gasteiger partial charge is 0.216 e. The van der Waals surface area contributed by atoms with Gasteiger partial charge in [-0.25, -0.2) is 0 Å². The molecule has 1 atom stereocenters. The van der Waals surface area contributed by atoms with E-state index in [9.17, 15) is 9.59 Å². The SMILES string of the molecule is CC(=O)NC[C@H](C)O.CCCNC(C)=O.O. The molecule has 0 fully saturated rings. The van der Waals surface area contributed by atoms with E-state index >= 15 is 0 Å². The first-order valence-corrected chi connectivity index (χ1v) is 5.07. The van der Waals surface area contributed by atoms with Crippen molar-refractivity contribution in [2.45, 2.75) is 40.2 Å². The zero-order chi connectivity index (χ0) is 12.3. The third-order valence-corrected chi connectivity index (χ3v) is 1.27. The Balaban J connectivity index is -0.000000200. The maximum atomic E-state index is 10.1. The van der Waals surface area contributed by atoms with Crippen LogP contribution in [0.3, 0.4) is 0 Å². The molecule has 6 heteroatoms. The Bertz CT molecular complexity index is 184. The summed E-state index contributed by atoms with van der Waals surface area (Å²) in [6.07, 6.45) is 0.568. The summed E-state index contributed by atoms with van der Waals surface area (Å²) in [5.74, 6) is -0.0484. The van der Waals surface area contributed by atoms with Crippen LogP contribution in [0, 0.1) is 0 Å². The molecule has 16 heavy (non-hydrogen) atoms. The van der Waals surface area contributed by atoms with E-state index in [4.69, 9.17) is 5.11 Å². The molecule has 98 valence electrons. The van der Waals surface area contributed by atoms with Crippen LogP contribution in [0.25, 0.3) is 0 Å². The molecular formula is C10H24N2O4. The molecule has 0 saturated carbocycles. The van der Waals surface area contributed by atoms with E-state index in [2.05, 4.69) is 10.6 Å². The minimum atomic E-state index is -0.445. The Labute approximate surface area is 96.7 Å². The highest BCUT2D eigenvalue weighted by molar-refractivity contribution is 5.73. The van der Waals surface area contributed by atoms with Crippen LogP contribution in [0.15, 0.2) is 0 Å². The van der Waals surface area contributed by atoms with Crippen LogP contribution < -0.4 is 10.6 Å². The number of carbonyl (C=O) groups is 2. The van der Waals surface area contributed by atoms with Gasteiger partial charge in [-0.15, -0.1) is 0 Å². The fraction of sp³-hybridized carbons (Fsp3) is 0.800. The lowest BCUT2D eigenvalue weighted by Crippen LogP contribution is -2.28. The summed E-state index contributed by atoms with van der Waals surface area (Å²) < 4.78 is 0. The van der Waals surface area contributed by atoms with Crippen molar-refractivity contribution in [1.29, 1.82) is 0 Å². The van der Waals surface area contributed by atoms with Gasteiger partial charge in [-0.05, 0) is 13.3 Å². The summed E-state index contributed by atoms with van der Waals surface area (Å²) >= 11 is 0. The van der Waals surface area contributed by atoms with Gasteiger partial charge in [-0.1, -0.05) is 6.92 Å². The second-order valence-electron chi connectivity index (χ2n) is 3.27. The molecule has 0 saturated heterocycles. The molecule has 2 amide bonds. The first-order valence-electron chi connectivity index (χ1n) is 5.07. The molecule has 0 aliphatic carbocycles. The summed E-state index contributed by atoms with van der Waals surface area (Å²) in [5, 5.41) is 13.7. The molecule has 0 spiro atoms. The molecule has 5 N–H and O–H groups in total. The maximum absolute atomic E-state index is 10.1. The van der Waals surface area contributed by atoms with E-state index in [0.717, 1.165) is 13.0 Å². The van der Waals surface area contributed by atoms with Crippen molar-refractivity contribution < 1.29 is 20.2 Å². The molecule has 0 bridgehead atoms. The van der Waals surface area contributed by atoms with Gasteiger partial charge in [-0.3, -0.25) is 9.59 Å². The van der Waals surface area contributed by atoms with E-state index in [0.29, 0.717) is 6.54 Å². The monoisotopic (exact) mass is 236 g/mol. The van der Waals surface area contributed by atoms with Gasteiger partial charge < -0.3 is 21.2 Å². The summed E-state index contributed by atoms with van der Waals surface area (Å²) in [5.41, 5.74) is 0. The quantitative estimate of drug-likeness (QED) is 0.595. The first kappa shape index (κ1) is 20.3. The van der Waals surface area contributed by atoms with E-state index in [1.54, 1.807) is 6.92 Å². The second-order valence-corrected chi connectivity index (χ2v) is 3.27. The molecule has 0 aromatic heterocycles. The summed E-state index contributed by atoms with van der Waals surface area (Å²) in [4.78, 5) is 20.2. The fourth-order valence-electron chi connectivity index (χ4n) is 0.592. The van der Waals surface area contributed by atoms with E-state index < -0.39 is 6.10 Å². The Kier molecular flexibility index (Phi) is 17.6. The average Bonchev–Trinajstić information content (AvgIpc) is 2.12. The number of amides is 2. The molecule has 6 nitrogen and oxygen atoms in total. The zero-order valence-corrected chi connectivity index (χ0v) is 10.5. The molecule has 0 heterocycles. The van der Waals surface area contributed by atoms with Crippen LogP contribution in [0.5, 0.6) is 0 Å². The van der Waals surface area contributed by atoms with E-state index in [1.807, 2.05) is 6.92 Å². The topological polar surface area (TPSA) is 110 Å². The van der Waals surface area contributed by atoms with Gasteiger partial charge in [-0.2, -0.15) is 0 Å². The van der Waals surface area contributed by atoms with Crippen LogP contribution in [-0.4, -0.2) is 41.6 Å². The standard InChI is InChI=1S/C5H11NO2.C5H11NO.H2O/c1-4(7)3-6-5(2)8;1-3-4-6-5(2)7;/h4,7H,3H2,1-2H3,(H,6,8);3-4H2,1-2H3,(H,6,7);1H2/t4-;;/m0../s1. The molecule has 0 unspecified atom stereocenters. The number of hydrogen-bond donors (Lipinski definition) is 3. The summed E-state index contributed by atoms with van der Waals surface area (Å²) in [7, 11) is 0. The highest BCUT2D eigenvalue weighted by Gasteiger charge is 1.93. The fourth-order valence-corrected chi connectivity index (χ4v) is 0.592. The lowest BCUT2D eigenvalue weighted by atomic mass is 10.4. The maximum Gasteiger partial charge on any atom is 0.216 e. The van der Waals surface area contributed by atoms with Crippen molar-refractivity contribution in [3.8, 4) is 0 Å². The van der Waals surface area contributed by atoms with Crippen LogP contribution >= 0.6 is 0 Å². The predicted octanol–water partition coefficient (Wildman–Crippen LogP) is -0.789. The highest BCUT2D eigenvalue weighted by atomic mass is 16.3. The number of aliphatic hydroxyl groups excluding tert-OH is 1. The number of rotatable bonds is 4. The van der Waals surface area contributed by atoms with Crippen LogP contribution in [0.4, 0.5) is 0 Å². The van der Waals surface area contributed by atoms with Crippen LogP contribution in [0.1, 0.15) is 34.1 Å². The number of carbonyl (C=O) groups excluding carboxylic acids is 2. The molecule has 0 aliphatic heterocycles. The molecule has 0 radical (unpaired) electrons. The van der Waals surface area contributed by atoms with Gasteiger partial charge in [0.2, 0.25) is 11.8 Å². The Morgan fingerprint density at radius 1 is 1.19 bits per heavy atom. The van der Waals surface area contributed by atoms with Gasteiger partial charge in [0.05, 0.1) is 6.10 Å². The van der Waals surface area contributed by atoms with Gasteiger partial charge in [0.25, 0.3) is 0 Å². The summed E-state index contributed by atoms with van der Waals surface area (Å²) in [6.45, 7) is 7.73. The lowest BCUT2D eigenvalue weighted by molar-refractivity contribution is -0.120. The van der Waals surface area contributed by atoms with Crippen LogP contribution in [0.2, 0.25) is 0 Å². The molecule has 0 rings (SSSR count). The third-order valence-electron chi connectivity index (χ3n) is 1.27. The Morgan fingerprint density at radius 2 is 1.62 bits per heavy atom. The van der Waals surface area contributed by atoms with Crippen molar-refractivity contribution in [3.63, 3.8) is 0 Å². The van der Waals surface area contributed by atoms with Crippen molar-refractivity contribution in [3.05, 3.63) is 0 Å². The van der Waals surface area contributed by atoms with Crippen molar-refractivity contribution in [2.75, 3.05) is 13.1 Å². The second kappa shape index (κ2) is 13.9. The molecule has 0 aliphatic rings. The van der Waals surface area contributed by atoms with Gasteiger partial charge >= 0.3 is 0 Å². The number of hydrogen-bond acceptors (Lipinski definition) is 3. The Morgan fingerprint density at radius 3 is 1.75 bits per heavy atom. The summed E-state index contributed by atoms with van der Waals surface area (Å²) in [6, 6.07) is 0. The minimum Gasteiger partial charge on any atom is -0.412 e. The lowest BCUT2D eigenvalue weighted by Gasteiger charge is -2.02. The predicted molar refractivity (Wildman–Crippen MR) is 63.0 cm³/mol. The van der Waals surface area contributed by atoms with Crippen LogP contribution in [-0.2, 0) is 9.59 Å². The van der Waals surface area contributed by atoms with E-state index in [1.165, 1.54) is 13.8 Å². The normalized spacial score (nSPS) is 10.1. The number of nitrogens with one attached hydrogen (secondary N) is 2. The zero-order valence-electron chi connectivity index (χ0n) is 10.5. The van der Waals surface area contributed by atoms with E-state index in [-0.39, 0.29) is 17.3 Å². The molecular weight excluding hydrogens is 212 g/mol. The highest BCUT2D eigenvalue weighted by Crippen LogP contribution is 1.72. The minimum absolute atomic E-state index is 0. The van der Waals surface area contributed by atoms with Crippen molar-refractivity contribution >= 4 is 11.8 Å². The van der Waals surface area contributed by atoms with Crippen molar-refractivity contribution in [1.82, 2.24) is 10.6 Å². The first-order chi connectivity index (χ1) is 6.90. The van der Waals surface area contributed by atoms with Crippen molar-refractivity contribution in [2.24, 2.45) is 0 Å². The molecule has 0 aromatic carbocycles. The number of aliphatic hydroxyl groups is 1. The van der Waals surface area contributed by atoms with Gasteiger partial charge in [0.15, 0.2) is 0 Å².